The van der Waals surface area contributed by atoms with Crippen LogP contribution < -0.4 is 0 Å². The van der Waals surface area contributed by atoms with Gasteiger partial charge < -0.3 is 5.11 Å². The van der Waals surface area contributed by atoms with E-state index in [0.29, 0.717) is 16.7 Å². The molecule has 2 aromatic carbocycles. The summed E-state index contributed by atoms with van der Waals surface area (Å²) < 4.78 is 13.8. The summed E-state index contributed by atoms with van der Waals surface area (Å²) in [5, 5.41) is 9.15. The van der Waals surface area contributed by atoms with Crippen molar-refractivity contribution in [3.63, 3.8) is 0 Å². The molecular formula is C14H11FO2. The summed E-state index contributed by atoms with van der Waals surface area (Å²) in [5.74, 6) is -0.473. The molecule has 0 aromatic heterocycles. The van der Waals surface area contributed by atoms with Crippen LogP contribution in [0.1, 0.15) is 17.3 Å². The Hall–Kier alpha value is -2.16. The number of rotatable bonds is 2. The Morgan fingerprint density at radius 1 is 1.12 bits per heavy atom. The Labute approximate surface area is 98.3 Å². The molecule has 0 aliphatic rings. The topological polar surface area (TPSA) is 37.3 Å². The van der Waals surface area contributed by atoms with Crippen LogP contribution >= 0.6 is 0 Å². The van der Waals surface area contributed by atoms with E-state index in [2.05, 4.69) is 0 Å². The monoisotopic (exact) mass is 230 g/mol. The Bertz CT molecular complexity index is 559. The van der Waals surface area contributed by atoms with Crippen molar-refractivity contribution in [2.75, 3.05) is 0 Å². The number of aromatic hydroxyl groups is 1. The van der Waals surface area contributed by atoms with E-state index in [4.69, 9.17) is 5.11 Å². The van der Waals surface area contributed by atoms with Gasteiger partial charge in [0.2, 0.25) is 0 Å². The van der Waals surface area contributed by atoms with Crippen LogP contribution in [0, 0.1) is 5.82 Å². The molecule has 0 fully saturated rings. The number of hydrogen-bond donors (Lipinski definition) is 1. The second-order valence-electron chi connectivity index (χ2n) is 3.80. The van der Waals surface area contributed by atoms with E-state index in [1.54, 1.807) is 24.3 Å². The lowest BCUT2D eigenvalue weighted by molar-refractivity contribution is 0.101. The highest BCUT2D eigenvalue weighted by atomic mass is 19.1. The standard InChI is InChI=1S/C14H11FO2/c1-9(16)11-4-7-13(14(15)8-11)10-2-5-12(17)6-3-10/h2-8,17H,1H3. The molecule has 0 heterocycles. The first kappa shape index (κ1) is 11.3. The molecule has 0 spiro atoms. The molecule has 0 saturated carbocycles. The van der Waals surface area contributed by atoms with Crippen LogP contribution in [0.15, 0.2) is 42.5 Å². The van der Waals surface area contributed by atoms with Gasteiger partial charge in [-0.15, -0.1) is 0 Å². The molecule has 2 aromatic rings. The van der Waals surface area contributed by atoms with Crippen LogP contribution in [0.2, 0.25) is 0 Å². The number of Topliss-reactive ketones (excluding diaryl/α,β-unsaturated/α-hetero) is 1. The third-order valence-corrected chi connectivity index (χ3v) is 2.55. The van der Waals surface area contributed by atoms with Gasteiger partial charge in [-0.2, -0.15) is 0 Å². The molecule has 0 radical (unpaired) electrons. The minimum absolute atomic E-state index is 0.134. The van der Waals surface area contributed by atoms with Crippen molar-refractivity contribution in [3.05, 3.63) is 53.8 Å². The number of carbonyl (C=O) groups is 1. The van der Waals surface area contributed by atoms with Gasteiger partial charge in [0.15, 0.2) is 5.78 Å². The molecule has 2 nitrogen and oxygen atoms in total. The maximum atomic E-state index is 13.8. The third-order valence-electron chi connectivity index (χ3n) is 2.55. The maximum Gasteiger partial charge on any atom is 0.159 e. The molecule has 1 N–H and O–H groups in total. The summed E-state index contributed by atoms with van der Waals surface area (Å²) in [4.78, 5) is 11.1. The largest absolute Gasteiger partial charge is 0.508 e. The summed E-state index contributed by atoms with van der Waals surface area (Å²) in [6.45, 7) is 1.40. The quantitative estimate of drug-likeness (QED) is 0.803. The van der Waals surface area contributed by atoms with Crippen LogP contribution in [0.5, 0.6) is 5.75 Å². The van der Waals surface area contributed by atoms with Crippen molar-refractivity contribution < 1.29 is 14.3 Å². The first-order valence-corrected chi connectivity index (χ1v) is 5.18. The Balaban J connectivity index is 2.46. The lowest BCUT2D eigenvalue weighted by Crippen LogP contribution is -1.94. The summed E-state index contributed by atoms with van der Waals surface area (Å²) in [5.41, 5.74) is 1.43. The summed E-state index contributed by atoms with van der Waals surface area (Å²) in [6, 6.07) is 10.6. The molecule has 0 unspecified atom stereocenters. The average Bonchev–Trinajstić information content (AvgIpc) is 2.30. The molecule has 2 rings (SSSR count). The molecule has 17 heavy (non-hydrogen) atoms. The van der Waals surface area contributed by atoms with Crippen LogP contribution in [-0.4, -0.2) is 10.9 Å². The molecule has 0 atom stereocenters. The van der Waals surface area contributed by atoms with Crippen molar-refractivity contribution in [3.8, 4) is 16.9 Å². The van der Waals surface area contributed by atoms with Crippen molar-refractivity contribution >= 4 is 5.78 Å². The van der Waals surface area contributed by atoms with Gasteiger partial charge in [-0.3, -0.25) is 4.79 Å². The van der Waals surface area contributed by atoms with Crippen molar-refractivity contribution in [1.82, 2.24) is 0 Å². The van der Waals surface area contributed by atoms with Crippen molar-refractivity contribution in [2.24, 2.45) is 0 Å². The highest BCUT2D eigenvalue weighted by Gasteiger charge is 2.08. The van der Waals surface area contributed by atoms with E-state index in [0.717, 1.165) is 0 Å². The summed E-state index contributed by atoms with van der Waals surface area (Å²) in [7, 11) is 0. The van der Waals surface area contributed by atoms with Gasteiger partial charge in [0.05, 0.1) is 0 Å². The zero-order valence-corrected chi connectivity index (χ0v) is 9.27. The van der Waals surface area contributed by atoms with Gasteiger partial charge in [0.1, 0.15) is 11.6 Å². The summed E-state index contributed by atoms with van der Waals surface area (Å²) in [6.07, 6.45) is 0. The van der Waals surface area contributed by atoms with Gasteiger partial charge in [0, 0.05) is 11.1 Å². The number of carbonyl (C=O) groups excluding carboxylic acids is 1. The normalized spacial score (nSPS) is 10.2. The number of halogens is 1. The fourth-order valence-electron chi connectivity index (χ4n) is 1.61. The fourth-order valence-corrected chi connectivity index (χ4v) is 1.61. The number of phenols is 1. The minimum Gasteiger partial charge on any atom is -0.508 e. The fraction of sp³-hybridized carbons (Fsp3) is 0.0714. The van der Waals surface area contributed by atoms with Crippen molar-refractivity contribution in [2.45, 2.75) is 6.92 Å². The van der Waals surface area contributed by atoms with Crippen LogP contribution in [0.4, 0.5) is 4.39 Å². The zero-order valence-electron chi connectivity index (χ0n) is 9.27. The SMILES string of the molecule is CC(=O)c1ccc(-c2ccc(O)cc2)c(F)c1. The van der Waals surface area contributed by atoms with E-state index < -0.39 is 5.82 Å². The second kappa shape index (κ2) is 4.37. The van der Waals surface area contributed by atoms with Crippen LogP contribution in [0.25, 0.3) is 11.1 Å². The number of benzene rings is 2. The Morgan fingerprint density at radius 3 is 2.29 bits per heavy atom. The number of ketones is 1. The van der Waals surface area contributed by atoms with E-state index in [-0.39, 0.29) is 11.5 Å². The first-order valence-electron chi connectivity index (χ1n) is 5.18. The van der Waals surface area contributed by atoms with E-state index >= 15 is 0 Å². The molecular weight excluding hydrogens is 219 g/mol. The van der Waals surface area contributed by atoms with Gasteiger partial charge in [0.25, 0.3) is 0 Å². The Morgan fingerprint density at radius 2 is 1.76 bits per heavy atom. The van der Waals surface area contributed by atoms with Crippen molar-refractivity contribution in [1.29, 1.82) is 0 Å². The zero-order chi connectivity index (χ0) is 12.4. The average molecular weight is 230 g/mol. The molecule has 3 heteroatoms. The smallest absolute Gasteiger partial charge is 0.159 e. The summed E-state index contributed by atoms with van der Waals surface area (Å²) >= 11 is 0. The molecule has 0 aliphatic heterocycles. The minimum atomic E-state index is -0.441. The third kappa shape index (κ3) is 2.33. The number of phenolic OH excluding ortho intramolecular Hbond substituents is 1. The predicted molar refractivity (Wildman–Crippen MR) is 63.5 cm³/mol. The molecule has 0 bridgehead atoms. The predicted octanol–water partition coefficient (Wildman–Crippen LogP) is 3.40. The lowest BCUT2D eigenvalue weighted by atomic mass is 10.0. The highest BCUT2D eigenvalue weighted by Crippen LogP contribution is 2.25. The molecule has 0 saturated heterocycles. The second-order valence-corrected chi connectivity index (χ2v) is 3.80. The van der Waals surface area contributed by atoms with Crippen LogP contribution in [-0.2, 0) is 0 Å². The van der Waals surface area contributed by atoms with Gasteiger partial charge >= 0.3 is 0 Å². The van der Waals surface area contributed by atoms with E-state index in [9.17, 15) is 9.18 Å². The van der Waals surface area contributed by atoms with Gasteiger partial charge in [-0.05, 0) is 30.7 Å². The molecule has 0 aliphatic carbocycles. The van der Waals surface area contributed by atoms with Gasteiger partial charge in [-0.1, -0.05) is 24.3 Å². The molecule has 86 valence electrons. The van der Waals surface area contributed by atoms with E-state index in [1.165, 1.54) is 25.1 Å². The van der Waals surface area contributed by atoms with Crippen LogP contribution in [0.3, 0.4) is 0 Å². The number of hydrogen-bond acceptors (Lipinski definition) is 2. The first-order chi connectivity index (χ1) is 8.08. The van der Waals surface area contributed by atoms with Gasteiger partial charge in [-0.25, -0.2) is 4.39 Å². The maximum absolute atomic E-state index is 13.8. The lowest BCUT2D eigenvalue weighted by Gasteiger charge is -2.05. The van der Waals surface area contributed by atoms with E-state index in [1.807, 2.05) is 0 Å². The molecule has 0 amide bonds. The Kier molecular flexibility index (Phi) is 2.91. The highest BCUT2D eigenvalue weighted by molar-refractivity contribution is 5.94.